The van der Waals surface area contributed by atoms with Crippen LogP contribution in [0.15, 0.2) is 59.1 Å². The molecule has 1 saturated heterocycles. The van der Waals surface area contributed by atoms with E-state index < -0.39 is 0 Å². The van der Waals surface area contributed by atoms with Crippen LogP contribution in [0.4, 0.5) is 0 Å². The average molecular weight is 432 g/mol. The average Bonchev–Trinajstić information content (AvgIpc) is 3.28. The molecule has 0 saturated carbocycles. The standard InChI is InChI=1S/C21H19Cl2N3OS/c1-2-11-26-20(19(25-21(26)28)16-5-3-4-10-24-16)18-9-8-17(27-18)14-7-6-13(22)12-15(14)23/h3-10,12,19-20H,2,11H2,1H3,(H,25,28)/t19-,20-/m0/s1. The Balaban J connectivity index is 1.73. The molecule has 0 unspecified atom stereocenters. The molecule has 1 fully saturated rings. The zero-order valence-electron chi connectivity index (χ0n) is 15.2. The number of thiocarbonyl (C=S) groups is 1. The molecule has 7 heteroatoms. The molecule has 4 rings (SSSR count). The van der Waals surface area contributed by atoms with E-state index in [0.29, 0.717) is 20.9 Å². The topological polar surface area (TPSA) is 41.3 Å². The van der Waals surface area contributed by atoms with Gasteiger partial charge in [-0.3, -0.25) is 4.98 Å². The molecule has 144 valence electrons. The van der Waals surface area contributed by atoms with E-state index in [2.05, 4.69) is 22.1 Å². The molecular formula is C21H19Cl2N3OS. The highest BCUT2D eigenvalue weighted by Crippen LogP contribution is 2.41. The molecular weight excluding hydrogens is 413 g/mol. The van der Waals surface area contributed by atoms with Gasteiger partial charge in [0.05, 0.1) is 16.8 Å². The Morgan fingerprint density at radius 1 is 1.18 bits per heavy atom. The molecule has 3 heterocycles. The quantitative estimate of drug-likeness (QED) is 0.499. The van der Waals surface area contributed by atoms with Gasteiger partial charge in [0.2, 0.25) is 0 Å². The Kier molecular flexibility index (Phi) is 5.58. The van der Waals surface area contributed by atoms with Crippen LogP contribution in [0, 0.1) is 0 Å². The Bertz CT molecular complexity index is 992. The van der Waals surface area contributed by atoms with Crippen LogP contribution in [0.2, 0.25) is 10.0 Å². The van der Waals surface area contributed by atoms with Gasteiger partial charge in [0.15, 0.2) is 5.11 Å². The predicted molar refractivity (Wildman–Crippen MR) is 117 cm³/mol. The molecule has 0 spiro atoms. The van der Waals surface area contributed by atoms with Crippen LogP contribution in [-0.2, 0) is 0 Å². The van der Waals surface area contributed by atoms with E-state index in [1.165, 1.54) is 0 Å². The molecule has 1 aliphatic heterocycles. The van der Waals surface area contributed by atoms with E-state index in [1.54, 1.807) is 18.3 Å². The number of halogens is 2. The number of furan rings is 1. The second-order valence-electron chi connectivity index (χ2n) is 6.65. The van der Waals surface area contributed by atoms with Crippen molar-refractivity contribution in [2.24, 2.45) is 0 Å². The summed E-state index contributed by atoms with van der Waals surface area (Å²) in [5.74, 6) is 1.52. The van der Waals surface area contributed by atoms with Crippen LogP contribution in [-0.4, -0.2) is 21.5 Å². The van der Waals surface area contributed by atoms with Crippen LogP contribution >= 0.6 is 35.4 Å². The number of rotatable bonds is 5. The van der Waals surface area contributed by atoms with Gasteiger partial charge in [-0.15, -0.1) is 0 Å². The molecule has 2 atom stereocenters. The van der Waals surface area contributed by atoms with Gasteiger partial charge in [0.25, 0.3) is 0 Å². The monoisotopic (exact) mass is 431 g/mol. The first-order chi connectivity index (χ1) is 13.6. The van der Waals surface area contributed by atoms with Crippen molar-refractivity contribution in [3.8, 4) is 11.3 Å². The summed E-state index contributed by atoms with van der Waals surface area (Å²) in [6.45, 7) is 2.96. The summed E-state index contributed by atoms with van der Waals surface area (Å²) in [5, 5.41) is 5.27. The van der Waals surface area contributed by atoms with E-state index in [0.717, 1.165) is 30.0 Å². The third-order valence-electron chi connectivity index (χ3n) is 4.78. The number of pyridine rings is 1. The van der Waals surface area contributed by atoms with E-state index in [1.807, 2.05) is 36.4 Å². The van der Waals surface area contributed by atoms with Crippen molar-refractivity contribution in [1.82, 2.24) is 15.2 Å². The Morgan fingerprint density at radius 3 is 2.75 bits per heavy atom. The van der Waals surface area contributed by atoms with E-state index >= 15 is 0 Å². The van der Waals surface area contributed by atoms with Crippen molar-refractivity contribution in [3.63, 3.8) is 0 Å². The fraction of sp³-hybridized carbons (Fsp3) is 0.238. The van der Waals surface area contributed by atoms with Gasteiger partial charge in [-0.2, -0.15) is 0 Å². The zero-order chi connectivity index (χ0) is 19.7. The summed E-state index contributed by atoms with van der Waals surface area (Å²) in [7, 11) is 0. The SMILES string of the molecule is CCCN1C(=S)N[C@@H](c2ccccn2)[C@@H]1c1ccc(-c2ccc(Cl)cc2Cl)o1. The third kappa shape index (κ3) is 3.62. The number of benzene rings is 1. The number of aromatic nitrogens is 1. The first kappa shape index (κ1) is 19.2. The van der Waals surface area contributed by atoms with Gasteiger partial charge in [0, 0.05) is 23.3 Å². The Hall–Kier alpha value is -2.08. The molecule has 0 bridgehead atoms. The molecule has 1 N–H and O–H groups in total. The minimum absolute atomic E-state index is 0.0813. The summed E-state index contributed by atoms with van der Waals surface area (Å²) >= 11 is 18.0. The summed E-state index contributed by atoms with van der Waals surface area (Å²) in [4.78, 5) is 6.70. The lowest BCUT2D eigenvalue weighted by Gasteiger charge is -2.25. The fourth-order valence-corrected chi connectivity index (χ4v) is 4.38. The predicted octanol–water partition coefficient (Wildman–Crippen LogP) is 6.03. The molecule has 0 amide bonds. The van der Waals surface area contributed by atoms with E-state index in [-0.39, 0.29) is 12.1 Å². The number of hydrogen-bond acceptors (Lipinski definition) is 3. The Labute approximate surface area is 179 Å². The van der Waals surface area contributed by atoms with Crippen LogP contribution in [0.1, 0.15) is 36.9 Å². The molecule has 0 radical (unpaired) electrons. The highest BCUT2D eigenvalue weighted by atomic mass is 35.5. The summed E-state index contributed by atoms with van der Waals surface area (Å²) < 4.78 is 6.25. The largest absolute Gasteiger partial charge is 0.459 e. The Morgan fingerprint density at radius 2 is 2.04 bits per heavy atom. The van der Waals surface area contributed by atoms with Gasteiger partial charge < -0.3 is 14.6 Å². The molecule has 1 aromatic carbocycles. The molecule has 28 heavy (non-hydrogen) atoms. The van der Waals surface area contributed by atoms with E-state index in [9.17, 15) is 0 Å². The second-order valence-corrected chi connectivity index (χ2v) is 7.88. The van der Waals surface area contributed by atoms with Crippen molar-refractivity contribution in [3.05, 3.63) is 76.2 Å². The lowest BCUT2D eigenvalue weighted by Crippen LogP contribution is -2.30. The molecule has 1 aliphatic rings. The van der Waals surface area contributed by atoms with Gasteiger partial charge in [-0.1, -0.05) is 36.2 Å². The molecule has 0 aliphatic carbocycles. The summed E-state index contributed by atoms with van der Waals surface area (Å²) in [6.07, 6.45) is 2.77. The third-order valence-corrected chi connectivity index (χ3v) is 5.68. The van der Waals surface area contributed by atoms with Gasteiger partial charge >= 0.3 is 0 Å². The second kappa shape index (κ2) is 8.11. The van der Waals surface area contributed by atoms with Gasteiger partial charge in [-0.25, -0.2) is 0 Å². The molecule has 4 nitrogen and oxygen atoms in total. The number of nitrogens with one attached hydrogen (secondary N) is 1. The van der Waals surface area contributed by atoms with Crippen molar-refractivity contribution in [2.45, 2.75) is 25.4 Å². The highest BCUT2D eigenvalue weighted by Gasteiger charge is 2.41. The van der Waals surface area contributed by atoms with E-state index in [4.69, 9.17) is 39.8 Å². The van der Waals surface area contributed by atoms with Crippen molar-refractivity contribution in [2.75, 3.05) is 6.54 Å². The lowest BCUT2D eigenvalue weighted by molar-refractivity contribution is 0.275. The van der Waals surface area contributed by atoms with Crippen molar-refractivity contribution < 1.29 is 4.42 Å². The normalized spacial score (nSPS) is 19.1. The molecule has 2 aromatic heterocycles. The first-order valence-electron chi connectivity index (χ1n) is 9.11. The minimum atomic E-state index is -0.0834. The van der Waals surface area contributed by atoms with Crippen LogP contribution < -0.4 is 5.32 Å². The van der Waals surface area contributed by atoms with Crippen LogP contribution in [0.5, 0.6) is 0 Å². The highest BCUT2D eigenvalue weighted by molar-refractivity contribution is 7.80. The maximum absolute atomic E-state index is 6.36. The van der Waals surface area contributed by atoms with Crippen LogP contribution in [0.25, 0.3) is 11.3 Å². The maximum atomic E-state index is 6.36. The van der Waals surface area contributed by atoms with Crippen molar-refractivity contribution >= 4 is 40.5 Å². The van der Waals surface area contributed by atoms with Crippen molar-refractivity contribution in [1.29, 1.82) is 0 Å². The lowest BCUT2D eigenvalue weighted by atomic mass is 10.0. The maximum Gasteiger partial charge on any atom is 0.170 e. The summed E-state index contributed by atoms with van der Waals surface area (Å²) in [6, 6.07) is 15.0. The van der Waals surface area contributed by atoms with Gasteiger partial charge in [-0.05, 0) is 61.1 Å². The fourth-order valence-electron chi connectivity index (χ4n) is 3.54. The smallest absolute Gasteiger partial charge is 0.170 e. The summed E-state index contributed by atoms with van der Waals surface area (Å²) in [5.41, 5.74) is 1.73. The zero-order valence-corrected chi connectivity index (χ0v) is 17.6. The van der Waals surface area contributed by atoms with Crippen LogP contribution in [0.3, 0.4) is 0 Å². The minimum Gasteiger partial charge on any atom is -0.459 e. The number of hydrogen-bond donors (Lipinski definition) is 1. The molecule has 3 aromatic rings. The first-order valence-corrected chi connectivity index (χ1v) is 10.3. The number of nitrogens with zero attached hydrogens (tertiary/aromatic N) is 2. The van der Waals surface area contributed by atoms with Gasteiger partial charge in [0.1, 0.15) is 17.6 Å².